The smallest absolute Gasteiger partial charge is 0.0472 e. The third kappa shape index (κ3) is 13.1. The van der Waals surface area contributed by atoms with Gasteiger partial charge in [0.1, 0.15) is 0 Å². The fourth-order valence-corrected chi connectivity index (χ4v) is 3.07. The number of nitrogens with zero attached hydrogens (tertiary/aromatic N) is 1. The molecule has 0 bridgehead atoms. The van der Waals surface area contributed by atoms with Crippen LogP contribution in [-0.2, 0) is 0 Å². The first-order chi connectivity index (χ1) is 11.4. The Kier molecular flexibility index (Phi) is 13.8. The van der Waals surface area contributed by atoms with Crippen LogP contribution in [0.4, 0.5) is 0 Å². The monoisotopic (exact) mass is 318 g/mol. The van der Waals surface area contributed by atoms with E-state index in [2.05, 4.69) is 29.6 Å². The van der Waals surface area contributed by atoms with Crippen molar-refractivity contribution in [2.24, 2.45) is 5.10 Å². The first-order valence-corrected chi connectivity index (χ1v) is 10.1. The Morgan fingerprint density at radius 1 is 0.696 bits per heavy atom. The van der Waals surface area contributed by atoms with Gasteiger partial charge in [0.05, 0.1) is 0 Å². The van der Waals surface area contributed by atoms with E-state index in [9.17, 15) is 0 Å². The number of rotatable bonds is 15. The van der Waals surface area contributed by atoms with Crippen molar-refractivity contribution in [3.05, 3.63) is 23.9 Å². The molecule has 1 N–H and O–H groups in total. The molecule has 23 heavy (non-hydrogen) atoms. The van der Waals surface area contributed by atoms with Crippen molar-refractivity contribution in [3.8, 4) is 0 Å². The lowest BCUT2D eigenvalue weighted by Crippen LogP contribution is -2.04. The normalized spacial score (nSPS) is 13.7. The molecule has 2 heteroatoms. The molecule has 0 saturated carbocycles. The maximum Gasteiger partial charge on any atom is 0.0472 e. The highest BCUT2D eigenvalue weighted by molar-refractivity contribution is 5.71. The lowest BCUT2D eigenvalue weighted by Gasteiger charge is -2.05. The minimum absolute atomic E-state index is 1.12. The maximum atomic E-state index is 4.11. The van der Waals surface area contributed by atoms with Gasteiger partial charge in [-0.3, -0.25) is 5.43 Å². The molecule has 0 aromatic heterocycles. The summed E-state index contributed by atoms with van der Waals surface area (Å²) in [4.78, 5) is 0. The fourth-order valence-electron chi connectivity index (χ4n) is 3.07. The minimum atomic E-state index is 1.12. The third-order valence-corrected chi connectivity index (χ3v) is 4.58. The van der Waals surface area contributed by atoms with Crippen molar-refractivity contribution in [1.29, 1.82) is 0 Å². The SMILES string of the molecule is CCCCCCCCCCCCCCCCC1=CC=CC=NN1. The van der Waals surface area contributed by atoms with Crippen molar-refractivity contribution in [1.82, 2.24) is 5.43 Å². The second-order valence-corrected chi connectivity index (χ2v) is 6.81. The van der Waals surface area contributed by atoms with Gasteiger partial charge in [-0.2, -0.15) is 5.10 Å². The van der Waals surface area contributed by atoms with E-state index in [1.54, 1.807) is 6.21 Å². The molecule has 0 aromatic carbocycles. The predicted molar refractivity (Wildman–Crippen MR) is 104 cm³/mol. The van der Waals surface area contributed by atoms with Gasteiger partial charge in [0.15, 0.2) is 0 Å². The largest absolute Gasteiger partial charge is 0.283 e. The van der Waals surface area contributed by atoms with Crippen LogP contribution in [0.1, 0.15) is 103 Å². The molecule has 1 rings (SSSR count). The van der Waals surface area contributed by atoms with Gasteiger partial charge in [0, 0.05) is 11.9 Å². The zero-order chi connectivity index (χ0) is 16.4. The van der Waals surface area contributed by atoms with Gasteiger partial charge in [-0.25, -0.2) is 0 Å². The lowest BCUT2D eigenvalue weighted by molar-refractivity contribution is 0.534. The molecule has 0 aliphatic carbocycles. The zero-order valence-electron chi connectivity index (χ0n) is 15.4. The topological polar surface area (TPSA) is 24.4 Å². The van der Waals surface area contributed by atoms with Gasteiger partial charge in [0.2, 0.25) is 0 Å². The Bertz CT molecular complexity index is 342. The first kappa shape index (κ1) is 20.0. The quantitative estimate of drug-likeness (QED) is 0.327. The molecule has 0 saturated heterocycles. The highest BCUT2D eigenvalue weighted by Gasteiger charge is 1.97. The third-order valence-electron chi connectivity index (χ3n) is 4.58. The minimum Gasteiger partial charge on any atom is -0.283 e. The highest BCUT2D eigenvalue weighted by atomic mass is 15.3. The molecule has 0 spiro atoms. The van der Waals surface area contributed by atoms with Crippen LogP contribution in [0.25, 0.3) is 0 Å². The standard InChI is InChI=1S/C21H38N2/c1-2-3-4-5-6-7-8-9-10-11-12-13-14-15-18-21-19-16-17-20-22-23-21/h16-17,19-20,23H,2-15,18H2,1H3. The number of hydrogen-bond donors (Lipinski definition) is 1. The van der Waals surface area contributed by atoms with Crippen molar-refractivity contribution >= 4 is 6.21 Å². The van der Waals surface area contributed by atoms with Gasteiger partial charge >= 0.3 is 0 Å². The van der Waals surface area contributed by atoms with Crippen molar-refractivity contribution in [2.75, 3.05) is 0 Å². The van der Waals surface area contributed by atoms with E-state index in [0.717, 1.165) is 6.42 Å². The molecule has 132 valence electrons. The van der Waals surface area contributed by atoms with E-state index in [1.165, 1.54) is 95.6 Å². The predicted octanol–water partition coefficient (Wildman–Crippen LogP) is 6.89. The van der Waals surface area contributed by atoms with Crippen LogP contribution in [0.15, 0.2) is 29.0 Å². The molecule has 0 atom stereocenters. The van der Waals surface area contributed by atoms with Crippen LogP contribution in [0.2, 0.25) is 0 Å². The van der Waals surface area contributed by atoms with Crippen LogP contribution in [0.3, 0.4) is 0 Å². The van der Waals surface area contributed by atoms with Crippen LogP contribution < -0.4 is 5.43 Å². The van der Waals surface area contributed by atoms with E-state index in [4.69, 9.17) is 0 Å². The number of unbranched alkanes of at least 4 members (excludes halogenated alkanes) is 13. The Morgan fingerprint density at radius 2 is 1.22 bits per heavy atom. The van der Waals surface area contributed by atoms with Crippen molar-refractivity contribution < 1.29 is 0 Å². The molecule has 2 nitrogen and oxygen atoms in total. The molecule has 1 aliphatic heterocycles. The second-order valence-electron chi connectivity index (χ2n) is 6.81. The first-order valence-electron chi connectivity index (χ1n) is 10.1. The second kappa shape index (κ2) is 15.8. The molecular weight excluding hydrogens is 280 g/mol. The van der Waals surface area contributed by atoms with Crippen molar-refractivity contribution in [2.45, 2.75) is 103 Å². The number of hydrazone groups is 1. The summed E-state index contributed by atoms with van der Waals surface area (Å²) in [5.41, 5.74) is 4.34. The van der Waals surface area contributed by atoms with Gasteiger partial charge < -0.3 is 0 Å². The highest BCUT2D eigenvalue weighted by Crippen LogP contribution is 2.14. The van der Waals surface area contributed by atoms with Crippen LogP contribution >= 0.6 is 0 Å². The molecule has 0 amide bonds. The molecule has 1 heterocycles. The molecule has 0 unspecified atom stereocenters. The van der Waals surface area contributed by atoms with Crippen molar-refractivity contribution in [3.63, 3.8) is 0 Å². The summed E-state index contributed by atoms with van der Waals surface area (Å²) in [6.45, 7) is 2.29. The number of allylic oxidation sites excluding steroid dienone is 4. The van der Waals surface area contributed by atoms with Gasteiger partial charge in [-0.05, 0) is 25.0 Å². The number of hydrogen-bond acceptors (Lipinski definition) is 2. The van der Waals surface area contributed by atoms with E-state index in [-0.39, 0.29) is 0 Å². The van der Waals surface area contributed by atoms with E-state index < -0.39 is 0 Å². The summed E-state index contributed by atoms with van der Waals surface area (Å²) in [6, 6.07) is 0. The summed E-state index contributed by atoms with van der Waals surface area (Å²) in [7, 11) is 0. The Hall–Kier alpha value is -1.05. The van der Waals surface area contributed by atoms with E-state index in [0.29, 0.717) is 0 Å². The Labute approximate surface area is 144 Å². The molecule has 0 aromatic rings. The average molecular weight is 319 g/mol. The number of nitrogens with one attached hydrogen (secondary N) is 1. The lowest BCUT2D eigenvalue weighted by atomic mass is 10.0. The molecule has 0 fully saturated rings. The summed E-state index contributed by atoms with van der Waals surface area (Å²) in [6.07, 6.45) is 28.9. The molecule has 0 radical (unpaired) electrons. The van der Waals surface area contributed by atoms with E-state index in [1.807, 2.05) is 6.08 Å². The van der Waals surface area contributed by atoms with Gasteiger partial charge in [-0.15, -0.1) is 0 Å². The Balaban J connectivity index is 1.75. The van der Waals surface area contributed by atoms with Crippen LogP contribution in [0.5, 0.6) is 0 Å². The van der Waals surface area contributed by atoms with Crippen LogP contribution in [0, 0.1) is 0 Å². The maximum absolute atomic E-state index is 4.11. The van der Waals surface area contributed by atoms with E-state index >= 15 is 0 Å². The molecule has 1 aliphatic rings. The van der Waals surface area contributed by atoms with Gasteiger partial charge in [-0.1, -0.05) is 96.5 Å². The molecular formula is C21H38N2. The zero-order valence-corrected chi connectivity index (χ0v) is 15.4. The summed E-state index contributed by atoms with van der Waals surface area (Å²) in [5.74, 6) is 0. The van der Waals surface area contributed by atoms with Gasteiger partial charge in [0.25, 0.3) is 0 Å². The average Bonchev–Trinajstić information content (AvgIpc) is 2.84. The Morgan fingerprint density at radius 3 is 1.78 bits per heavy atom. The fraction of sp³-hybridized carbons (Fsp3) is 0.762. The van der Waals surface area contributed by atoms with Crippen LogP contribution in [-0.4, -0.2) is 6.21 Å². The summed E-state index contributed by atoms with van der Waals surface area (Å²) in [5, 5.41) is 4.11. The summed E-state index contributed by atoms with van der Waals surface area (Å²) < 4.78 is 0. The summed E-state index contributed by atoms with van der Waals surface area (Å²) >= 11 is 0.